The van der Waals surface area contributed by atoms with Crippen molar-refractivity contribution in [2.24, 2.45) is 0 Å². The summed E-state index contributed by atoms with van der Waals surface area (Å²) in [6.45, 7) is 0. The molecule has 0 aliphatic rings. The van der Waals surface area contributed by atoms with Crippen LogP contribution in [0, 0.1) is 0 Å². The average molecular weight is 763 g/mol. The number of benzene rings is 11. The molecule has 2 aromatic heterocycles. The molecule has 0 unspecified atom stereocenters. The summed E-state index contributed by atoms with van der Waals surface area (Å²) >= 11 is 0. The van der Waals surface area contributed by atoms with E-state index in [1.807, 2.05) is 12.1 Å². The van der Waals surface area contributed by atoms with Gasteiger partial charge >= 0.3 is 0 Å². The molecular formula is C58H34O2. The Morgan fingerprint density at radius 3 is 1.25 bits per heavy atom. The summed E-state index contributed by atoms with van der Waals surface area (Å²) < 4.78 is 13.1. The number of furan rings is 2. The van der Waals surface area contributed by atoms with Crippen molar-refractivity contribution in [2.75, 3.05) is 0 Å². The van der Waals surface area contributed by atoms with Crippen LogP contribution < -0.4 is 0 Å². The second-order valence-corrected chi connectivity index (χ2v) is 15.8. The van der Waals surface area contributed by atoms with Crippen LogP contribution in [0.4, 0.5) is 0 Å². The third kappa shape index (κ3) is 4.76. The van der Waals surface area contributed by atoms with E-state index in [0.717, 1.165) is 49.4 Å². The number of para-hydroxylation sites is 1. The lowest BCUT2D eigenvalue weighted by Crippen LogP contribution is -1.91. The molecular weight excluding hydrogens is 729 g/mol. The van der Waals surface area contributed by atoms with E-state index >= 15 is 0 Å². The minimum atomic E-state index is 0.874. The van der Waals surface area contributed by atoms with Gasteiger partial charge in [-0.15, -0.1) is 0 Å². The molecule has 0 fully saturated rings. The molecule has 13 rings (SSSR count). The highest BCUT2D eigenvalue weighted by Gasteiger charge is 2.22. The highest BCUT2D eigenvalue weighted by Crippen LogP contribution is 2.49. The minimum absolute atomic E-state index is 0.874. The molecule has 0 N–H and O–H groups in total. The van der Waals surface area contributed by atoms with Gasteiger partial charge in [0.05, 0.1) is 0 Å². The molecule has 0 spiro atoms. The van der Waals surface area contributed by atoms with E-state index in [1.165, 1.54) is 82.0 Å². The summed E-state index contributed by atoms with van der Waals surface area (Å²) in [7, 11) is 0. The summed E-state index contributed by atoms with van der Waals surface area (Å²) in [6.07, 6.45) is 0. The summed E-state index contributed by atoms with van der Waals surface area (Å²) in [5.41, 5.74) is 13.2. The fraction of sp³-hybridized carbons (Fsp3) is 0. The molecule has 0 atom stereocenters. The van der Waals surface area contributed by atoms with Gasteiger partial charge in [-0.2, -0.15) is 0 Å². The summed E-state index contributed by atoms with van der Waals surface area (Å²) in [5, 5.41) is 14.3. The SMILES string of the molecule is c1ccc(-c2c3ccccc3c(-c3cccc4oc5cc(-c6c7ccccc7c(-c7ccc8oc9ccccc9c8c7)c7ccccc67)ccc5c34)c3ccccc23)cc1. The third-order valence-corrected chi connectivity index (χ3v) is 12.6. The van der Waals surface area contributed by atoms with Crippen LogP contribution >= 0.6 is 0 Å². The second kappa shape index (κ2) is 12.8. The molecule has 13 aromatic rings. The zero-order chi connectivity index (χ0) is 39.3. The van der Waals surface area contributed by atoms with Gasteiger partial charge in [-0.25, -0.2) is 0 Å². The summed E-state index contributed by atoms with van der Waals surface area (Å²) in [6, 6.07) is 74.4. The summed E-state index contributed by atoms with van der Waals surface area (Å²) in [4.78, 5) is 0. The Labute approximate surface area is 345 Å². The van der Waals surface area contributed by atoms with Gasteiger partial charge in [0.1, 0.15) is 22.3 Å². The molecule has 0 aliphatic carbocycles. The van der Waals surface area contributed by atoms with Crippen molar-refractivity contribution in [2.45, 2.75) is 0 Å². The number of rotatable bonds is 4. The smallest absolute Gasteiger partial charge is 0.136 e. The molecule has 0 saturated heterocycles. The first-order chi connectivity index (χ1) is 29.8. The zero-order valence-electron chi connectivity index (χ0n) is 32.4. The predicted octanol–water partition coefficient (Wildman–Crippen LogP) is 16.8. The molecule has 11 aromatic carbocycles. The molecule has 278 valence electrons. The molecule has 2 heteroatoms. The maximum Gasteiger partial charge on any atom is 0.136 e. The van der Waals surface area contributed by atoms with Crippen molar-refractivity contribution < 1.29 is 8.83 Å². The monoisotopic (exact) mass is 762 g/mol. The van der Waals surface area contributed by atoms with Gasteiger partial charge < -0.3 is 8.83 Å². The van der Waals surface area contributed by atoms with Crippen molar-refractivity contribution in [3.05, 3.63) is 206 Å². The molecule has 60 heavy (non-hydrogen) atoms. The number of hydrogen-bond donors (Lipinski definition) is 0. The fourth-order valence-corrected chi connectivity index (χ4v) is 10.2. The van der Waals surface area contributed by atoms with Gasteiger partial charge in [-0.1, -0.05) is 170 Å². The highest BCUT2D eigenvalue weighted by molar-refractivity contribution is 6.27. The van der Waals surface area contributed by atoms with Crippen molar-refractivity contribution >= 4 is 87.0 Å². The molecule has 2 nitrogen and oxygen atoms in total. The highest BCUT2D eigenvalue weighted by atomic mass is 16.3. The molecule has 0 radical (unpaired) electrons. The van der Waals surface area contributed by atoms with E-state index in [0.29, 0.717) is 0 Å². The first-order valence-corrected chi connectivity index (χ1v) is 20.6. The van der Waals surface area contributed by atoms with Gasteiger partial charge in [0.15, 0.2) is 0 Å². The van der Waals surface area contributed by atoms with E-state index in [-0.39, 0.29) is 0 Å². The maximum atomic E-state index is 6.87. The molecule has 0 amide bonds. The van der Waals surface area contributed by atoms with Crippen molar-refractivity contribution in [1.29, 1.82) is 0 Å². The lowest BCUT2D eigenvalue weighted by molar-refractivity contribution is 0.668. The van der Waals surface area contributed by atoms with Gasteiger partial charge in [0.2, 0.25) is 0 Å². The second-order valence-electron chi connectivity index (χ2n) is 15.8. The lowest BCUT2D eigenvalue weighted by Gasteiger charge is -2.18. The average Bonchev–Trinajstić information content (AvgIpc) is 3.88. The van der Waals surface area contributed by atoms with Crippen molar-refractivity contribution in [1.82, 2.24) is 0 Å². The van der Waals surface area contributed by atoms with Gasteiger partial charge in [-0.05, 0) is 124 Å². The summed E-state index contributed by atoms with van der Waals surface area (Å²) in [5.74, 6) is 0. The van der Waals surface area contributed by atoms with Gasteiger partial charge in [0, 0.05) is 21.5 Å². The Balaban J connectivity index is 1.04. The molecule has 0 saturated carbocycles. The Morgan fingerprint density at radius 2 is 0.650 bits per heavy atom. The van der Waals surface area contributed by atoms with Gasteiger partial charge in [0.25, 0.3) is 0 Å². The van der Waals surface area contributed by atoms with E-state index in [4.69, 9.17) is 8.83 Å². The van der Waals surface area contributed by atoms with E-state index in [2.05, 4.69) is 194 Å². The Bertz CT molecular complexity index is 3770. The number of hydrogen-bond acceptors (Lipinski definition) is 2. The van der Waals surface area contributed by atoms with Crippen LogP contribution in [-0.4, -0.2) is 0 Å². The first-order valence-electron chi connectivity index (χ1n) is 20.6. The Hall–Kier alpha value is -7.94. The zero-order valence-corrected chi connectivity index (χ0v) is 32.4. The normalized spacial score (nSPS) is 12.0. The van der Waals surface area contributed by atoms with Crippen LogP contribution in [0.25, 0.3) is 131 Å². The first kappa shape index (κ1) is 33.1. The minimum Gasteiger partial charge on any atom is -0.456 e. The largest absolute Gasteiger partial charge is 0.456 e. The Kier molecular flexibility index (Phi) is 7.05. The van der Waals surface area contributed by atoms with Crippen LogP contribution in [0.5, 0.6) is 0 Å². The fourth-order valence-electron chi connectivity index (χ4n) is 10.2. The Morgan fingerprint density at radius 1 is 0.217 bits per heavy atom. The van der Waals surface area contributed by atoms with Crippen molar-refractivity contribution in [3.63, 3.8) is 0 Å². The van der Waals surface area contributed by atoms with Gasteiger partial charge in [-0.3, -0.25) is 0 Å². The van der Waals surface area contributed by atoms with Crippen LogP contribution in [0.3, 0.4) is 0 Å². The quantitative estimate of drug-likeness (QED) is 0.167. The standard InChI is InChI=1S/C58H34O2/c1-2-15-35(16-3-1)54-43-22-8-10-24-45(43)57(46-25-11-9-23-44(46)54)48-26-14-28-52-58(48)47-31-29-37(34-53(47)60-52)56-41-20-6-4-18-39(41)55(40-19-5-7-21-42(40)56)36-30-32-51-49(33-36)38-17-12-13-27-50(38)59-51/h1-34H. The lowest BCUT2D eigenvalue weighted by atomic mass is 9.84. The maximum absolute atomic E-state index is 6.87. The molecule has 2 heterocycles. The van der Waals surface area contributed by atoms with E-state index < -0.39 is 0 Å². The number of fused-ring (bicyclic) bond motifs is 10. The van der Waals surface area contributed by atoms with Crippen LogP contribution in [0.2, 0.25) is 0 Å². The van der Waals surface area contributed by atoms with E-state index in [9.17, 15) is 0 Å². The van der Waals surface area contributed by atoms with Crippen LogP contribution in [0.1, 0.15) is 0 Å². The van der Waals surface area contributed by atoms with Crippen LogP contribution in [0.15, 0.2) is 215 Å². The van der Waals surface area contributed by atoms with Crippen molar-refractivity contribution in [3.8, 4) is 44.5 Å². The van der Waals surface area contributed by atoms with Crippen LogP contribution in [-0.2, 0) is 0 Å². The topological polar surface area (TPSA) is 26.3 Å². The third-order valence-electron chi connectivity index (χ3n) is 12.6. The molecule has 0 aliphatic heterocycles. The predicted molar refractivity (Wildman–Crippen MR) is 253 cm³/mol. The van der Waals surface area contributed by atoms with E-state index in [1.54, 1.807) is 0 Å². The molecule has 0 bridgehead atoms.